The molecular formula is C14H21F3N4O. The largest absolute Gasteiger partial charge is 0.433 e. The van der Waals surface area contributed by atoms with Crippen molar-refractivity contribution < 1.29 is 18.0 Å². The molecule has 2 heterocycles. The Balaban J connectivity index is 2.30. The van der Waals surface area contributed by atoms with E-state index in [1.165, 1.54) is 4.90 Å². The normalized spacial score (nSPS) is 22.6. The number of likely N-dealkylation sites (tertiary alicyclic amines) is 1. The van der Waals surface area contributed by atoms with Crippen LogP contribution in [0.2, 0.25) is 0 Å². The van der Waals surface area contributed by atoms with Gasteiger partial charge in [0.25, 0.3) is 5.91 Å². The van der Waals surface area contributed by atoms with Crippen molar-refractivity contribution in [2.75, 3.05) is 27.2 Å². The zero-order valence-corrected chi connectivity index (χ0v) is 13.2. The molecule has 0 radical (unpaired) electrons. The van der Waals surface area contributed by atoms with Gasteiger partial charge in [0, 0.05) is 25.7 Å². The van der Waals surface area contributed by atoms with E-state index >= 15 is 0 Å². The second kappa shape index (κ2) is 5.91. The van der Waals surface area contributed by atoms with Crippen molar-refractivity contribution >= 4 is 5.91 Å². The molecule has 124 valence electrons. The molecule has 1 aliphatic heterocycles. The maximum absolute atomic E-state index is 13.2. The number of hydrogen-bond donors (Lipinski definition) is 0. The standard InChI is InChI=1S/C14H21F3N4O/c1-5-21-12(14(15,16)17)10(6-18-21)13(22)20-7-9(2)11(8-20)19(3)4/h6,9,11H,5,7-8H2,1-4H3/t9-,11-/m0/s1. The van der Waals surface area contributed by atoms with Crippen molar-refractivity contribution in [1.29, 1.82) is 0 Å². The molecule has 0 aromatic carbocycles. The van der Waals surface area contributed by atoms with Crippen LogP contribution in [0.3, 0.4) is 0 Å². The summed E-state index contributed by atoms with van der Waals surface area (Å²) < 4.78 is 40.5. The molecule has 22 heavy (non-hydrogen) atoms. The van der Waals surface area contributed by atoms with Crippen LogP contribution in [0.5, 0.6) is 0 Å². The van der Waals surface area contributed by atoms with Gasteiger partial charge in [-0.05, 0) is 26.9 Å². The smallest absolute Gasteiger partial charge is 0.337 e. The number of hydrogen-bond acceptors (Lipinski definition) is 3. The zero-order chi connectivity index (χ0) is 16.7. The van der Waals surface area contributed by atoms with Gasteiger partial charge in [0.1, 0.15) is 0 Å². The number of likely N-dealkylation sites (N-methyl/N-ethyl adjacent to an activating group) is 1. The lowest BCUT2D eigenvalue weighted by Gasteiger charge is -2.22. The lowest BCUT2D eigenvalue weighted by molar-refractivity contribution is -0.144. The minimum atomic E-state index is -4.59. The van der Waals surface area contributed by atoms with E-state index in [1.807, 2.05) is 25.9 Å². The maximum Gasteiger partial charge on any atom is 0.433 e. The van der Waals surface area contributed by atoms with E-state index in [1.54, 1.807) is 6.92 Å². The second-order valence-corrected chi connectivity index (χ2v) is 5.94. The molecule has 0 aliphatic carbocycles. The van der Waals surface area contributed by atoms with E-state index in [9.17, 15) is 18.0 Å². The summed E-state index contributed by atoms with van der Waals surface area (Å²) in [6, 6.07) is 0.152. The summed E-state index contributed by atoms with van der Waals surface area (Å²) in [5.74, 6) is -0.377. The zero-order valence-electron chi connectivity index (χ0n) is 13.2. The molecule has 0 N–H and O–H groups in total. The SMILES string of the molecule is CCn1ncc(C(=O)N2C[C@H](C)[C@@H](N(C)C)C2)c1C(F)(F)F. The molecule has 1 amide bonds. The Bertz CT molecular complexity index is 553. The second-order valence-electron chi connectivity index (χ2n) is 5.94. The summed E-state index contributed by atoms with van der Waals surface area (Å²) in [4.78, 5) is 16.0. The fourth-order valence-electron chi connectivity index (χ4n) is 3.04. The first kappa shape index (κ1) is 16.8. The Morgan fingerprint density at radius 1 is 1.41 bits per heavy atom. The highest BCUT2D eigenvalue weighted by atomic mass is 19.4. The van der Waals surface area contributed by atoms with E-state index in [0.29, 0.717) is 13.1 Å². The fourth-order valence-corrected chi connectivity index (χ4v) is 3.04. The molecule has 1 aliphatic rings. The van der Waals surface area contributed by atoms with Crippen LogP contribution >= 0.6 is 0 Å². The molecule has 0 spiro atoms. The van der Waals surface area contributed by atoms with Gasteiger partial charge < -0.3 is 9.80 Å². The number of alkyl halides is 3. The molecule has 0 saturated carbocycles. The number of carbonyl (C=O) groups excluding carboxylic acids is 1. The van der Waals surface area contributed by atoms with Crippen LogP contribution in [0, 0.1) is 5.92 Å². The van der Waals surface area contributed by atoms with E-state index in [4.69, 9.17) is 0 Å². The molecular weight excluding hydrogens is 297 g/mol. The van der Waals surface area contributed by atoms with Crippen molar-refractivity contribution in [2.45, 2.75) is 32.6 Å². The van der Waals surface area contributed by atoms with Gasteiger partial charge in [-0.15, -0.1) is 0 Å². The molecule has 0 unspecified atom stereocenters. The van der Waals surface area contributed by atoms with Crippen molar-refractivity contribution in [3.05, 3.63) is 17.5 Å². The lowest BCUT2D eigenvalue weighted by Crippen LogP contribution is -2.36. The minimum absolute atomic E-state index is 0.0683. The Morgan fingerprint density at radius 2 is 2.05 bits per heavy atom. The molecule has 8 heteroatoms. The number of rotatable bonds is 3. The molecule has 5 nitrogen and oxygen atoms in total. The van der Waals surface area contributed by atoms with E-state index in [0.717, 1.165) is 10.9 Å². The van der Waals surface area contributed by atoms with Crippen LogP contribution in [0.1, 0.15) is 29.9 Å². The predicted octanol–water partition coefficient (Wildman–Crippen LogP) is 1.94. The van der Waals surface area contributed by atoms with Crippen molar-refractivity contribution in [1.82, 2.24) is 19.6 Å². The number of aromatic nitrogens is 2. The van der Waals surface area contributed by atoms with Crippen LogP contribution < -0.4 is 0 Å². The van der Waals surface area contributed by atoms with Crippen LogP contribution in [-0.2, 0) is 12.7 Å². The predicted molar refractivity (Wildman–Crippen MR) is 75.4 cm³/mol. The summed E-state index contributed by atoms with van der Waals surface area (Å²) >= 11 is 0. The summed E-state index contributed by atoms with van der Waals surface area (Å²) in [5, 5.41) is 3.71. The summed E-state index contributed by atoms with van der Waals surface area (Å²) in [5.41, 5.74) is -1.32. The third-order valence-corrected chi connectivity index (χ3v) is 4.16. The number of amides is 1. The summed E-state index contributed by atoms with van der Waals surface area (Å²) in [7, 11) is 3.82. The Labute approximate surface area is 127 Å². The van der Waals surface area contributed by atoms with E-state index in [2.05, 4.69) is 5.10 Å². The highest BCUT2D eigenvalue weighted by Gasteiger charge is 2.42. The van der Waals surface area contributed by atoms with Crippen LogP contribution in [0.15, 0.2) is 6.20 Å². The van der Waals surface area contributed by atoms with Gasteiger partial charge in [0.2, 0.25) is 0 Å². The number of nitrogens with zero attached hydrogens (tertiary/aromatic N) is 4. The first-order valence-electron chi connectivity index (χ1n) is 7.25. The van der Waals surface area contributed by atoms with Crippen molar-refractivity contribution in [3.63, 3.8) is 0 Å². The van der Waals surface area contributed by atoms with Crippen molar-refractivity contribution in [2.24, 2.45) is 5.92 Å². The molecule has 0 bridgehead atoms. The van der Waals surface area contributed by atoms with Crippen LogP contribution in [-0.4, -0.2) is 58.7 Å². The highest BCUT2D eigenvalue weighted by Crippen LogP contribution is 2.33. The van der Waals surface area contributed by atoms with Crippen LogP contribution in [0.25, 0.3) is 0 Å². The van der Waals surface area contributed by atoms with Gasteiger partial charge in [0.05, 0.1) is 11.8 Å². The average molecular weight is 318 g/mol. The van der Waals surface area contributed by atoms with Gasteiger partial charge >= 0.3 is 6.18 Å². The third kappa shape index (κ3) is 2.97. The number of carbonyl (C=O) groups is 1. The topological polar surface area (TPSA) is 41.4 Å². The van der Waals surface area contributed by atoms with Gasteiger partial charge in [0.15, 0.2) is 5.69 Å². The Hall–Kier alpha value is -1.57. The summed E-state index contributed by atoms with van der Waals surface area (Å²) in [6.45, 7) is 4.52. The van der Waals surface area contributed by atoms with E-state index < -0.39 is 17.8 Å². The molecule has 1 fully saturated rings. The first-order valence-corrected chi connectivity index (χ1v) is 7.25. The summed E-state index contributed by atoms with van der Waals surface area (Å²) in [6.07, 6.45) is -3.56. The van der Waals surface area contributed by atoms with Crippen molar-refractivity contribution in [3.8, 4) is 0 Å². The third-order valence-electron chi connectivity index (χ3n) is 4.16. The average Bonchev–Trinajstić information content (AvgIpc) is 3.00. The molecule has 2 rings (SSSR count). The molecule has 1 aromatic rings. The quantitative estimate of drug-likeness (QED) is 0.855. The van der Waals surface area contributed by atoms with Gasteiger partial charge in [-0.1, -0.05) is 6.92 Å². The first-order chi connectivity index (χ1) is 10.2. The van der Waals surface area contributed by atoms with E-state index in [-0.39, 0.29) is 24.1 Å². The number of aryl methyl sites for hydroxylation is 1. The monoisotopic (exact) mass is 318 g/mol. The Morgan fingerprint density at radius 3 is 2.50 bits per heavy atom. The maximum atomic E-state index is 13.2. The molecule has 1 saturated heterocycles. The van der Waals surface area contributed by atoms with Gasteiger partial charge in [-0.3, -0.25) is 9.48 Å². The van der Waals surface area contributed by atoms with Gasteiger partial charge in [-0.25, -0.2) is 0 Å². The molecule has 2 atom stereocenters. The van der Waals surface area contributed by atoms with Gasteiger partial charge in [-0.2, -0.15) is 18.3 Å². The lowest BCUT2D eigenvalue weighted by atomic mass is 10.1. The fraction of sp³-hybridized carbons (Fsp3) is 0.714. The number of halogens is 3. The Kier molecular flexibility index (Phi) is 4.51. The minimum Gasteiger partial charge on any atom is -0.337 e. The van der Waals surface area contributed by atoms with Crippen LogP contribution in [0.4, 0.5) is 13.2 Å². The highest BCUT2D eigenvalue weighted by molar-refractivity contribution is 5.95. The molecule has 1 aromatic heterocycles.